The second-order valence-electron chi connectivity index (χ2n) is 10.3. The van der Waals surface area contributed by atoms with Crippen LogP contribution in [0.2, 0.25) is 25.2 Å². The maximum absolute atomic E-state index is 14.1. The Morgan fingerprint density at radius 3 is 2.49 bits per heavy atom. The SMILES string of the molecule is C[Si]1(C)CCN(Cc2ccc(-c3cc(C(=O)Cc4ccccn4)c4cc(F)ccc4n3)cc2)CC1. The summed E-state index contributed by atoms with van der Waals surface area (Å²) in [5.74, 6) is -0.483. The van der Waals surface area contributed by atoms with E-state index < -0.39 is 8.07 Å². The Bertz CT molecular complexity index is 1350. The highest BCUT2D eigenvalue weighted by Gasteiger charge is 2.27. The van der Waals surface area contributed by atoms with Crippen LogP contribution in [-0.4, -0.2) is 41.8 Å². The van der Waals surface area contributed by atoms with Crippen LogP contribution >= 0.6 is 0 Å². The minimum absolute atomic E-state index is 0.101. The first kappa shape index (κ1) is 23.5. The van der Waals surface area contributed by atoms with Gasteiger partial charge in [0.25, 0.3) is 0 Å². The molecule has 0 saturated carbocycles. The third kappa shape index (κ3) is 5.55. The van der Waals surface area contributed by atoms with Crippen LogP contribution < -0.4 is 0 Å². The third-order valence-electron chi connectivity index (χ3n) is 7.00. The van der Waals surface area contributed by atoms with Gasteiger partial charge in [-0.2, -0.15) is 0 Å². The van der Waals surface area contributed by atoms with E-state index in [-0.39, 0.29) is 18.0 Å². The van der Waals surface area contributed by atoms with E-state index in [1.807, 2.05) is 18.2 Å². The van der Waals surface area contributed by atoms with Crippen LogP contribution in [0.15, 0.2) is 72.9 Å². The second-order valence-corrected chi connectivity index (χ2v) is 15.6. The molecule has 2 aromatic heterocycles. The molecule has 3 heterocycles. The standard InChI is InChI=1S/C29H30FN3OSi/c1-35(2)15-13-33(14-16-35)20-21-6-8-22(9-7-21)28-19-26(25-17-23(30)10-11-27(25)32-28)29(34)18-24-5-3-4-12-31-24/h3-12,17,19H,13-16,18,20H2,1-2H3. The number of aromatic nitrogens is 2. The molecule has 0 amide bonds. The molecule has 1 fully saturated rings. The zero-order valence-corrected chi connectivity index (χ0v) is 21.3. The first-order valence-corrected chi connectivity index (χ1v) is 15.6. The van der Waals surface area contributed by atoms with Crippen LogP contribution in [0.5, 0.6) is 0 Å². The van der Waals surface area contributed by atoms with Crippen LogP contribution in [0.3, 0.4) is 0 Å². The summed E-state index contributed by atoms with van der Waals surface area (Å²) in [7, 11) is -0.973. The van der Waals surface area contributed by atoms with Gasteiger partial charge >= 0.3 is 0 Å². The first-order valence-electron chi connectivity index (χ1n) is 12.2. The fourth-order valence-corrected chi connectivity index (χ4v) is 6.79. The van der Waals surface area contributed by atoms with Crippen molar-refractivity contribution in [2.75, 3.05) is 13.1 Å². The predicted molar refractivity (Wildman–Crippen MR) is 142 cm³/mol. The molecule has 178 valence electrons. The van der Waals surface area contributed by atoms with E-state index in [0.29, 0.717) is 27.9 Å². The van der Waals surface area contributed by atoms with Crippen LogP contribution in [0.25, 0.3) is 22.2 Å². The fourth-order valence-electron chi connectivity index (χ4n) is 4.69. The number of Topliss-reactive ketones (excluding diaryl/α,β-unsaturated/α-hetero) is 1. The fraction of sp³-hybridized carbons (Fsp3) is 0.276. The molecule has 0 aliphatic carbocycles. The van der Waals surface area contributed by atoms with E-state index in [2.05, 4.69) is 47.2 Å². The number of nitrogens with zero attached hydrogens (tertiary/aromatic N) is 3. The van der Waals surface area contributed by atoms with Gasteiger partial charge in [-0.3, -0.25) is 14.7 Å². The zero-order valence-electron chi connectivity index (χ0n) is 20.3. The van der Waals surface area contributed by atoms with Gasteiger partial charge in [-0.05, 0) is 67.1 Å². The Hall–Kier alpha value is -3.22. The number of pyridine rings is 2. The number of benzene rings is 2. The largest absolute Gasteiger partial charge is 0.300 e. The highest BCUT2D eigenvalue weighted by molar-refractivity contribution is 6.77. The number of rotatable bonds is 6. The van der Waals surface area contributed by atoms with Crippen molar-refractivity contribution in [2.24, 2.45) is 0 Å². The van der Waals surface area contributed by atoms with Crippen molar-refractivity contribution < 1.29 is 9.18 Å². The zero-order chi connectivity index (χ0) is 24.4. The van der Waals surface area contributed by atoms with E-state index in [1.54, 1.807) is 18.3 Å². The van der Waals surface area contributed by atoms with Gasteiger partial charge in [-0.25, -0.2) is 9.37 Å². The predicted octanol–water partition coefficient (Wildman–Crippen LogP) is 6.39. The topological polar surface area (TPSA) is 46.1 Å². The number of halogens is 1. The van der Waals surface area contributed by atoms with Crippen molar-refractivity contribution in [1.82, 2.24) is 14.9 Å². The molecule has 1 aliphatic rings. The van der Waals surface area contributed by atoms with E-state index >= 15 is 0 Å². The molecule has 35 heavy (non-hydrogen) atoms. The van der Waals surface area contributed by atoms with Crippen LogP contribution in [-0.2, 0) is 13.0 Å². The molecule has 0 unspecified atom stereocenters. The lowest BCUT2D eigenvalue weighted by molar-refractivity contribution is 0.0993. The van der Waals surface area contributed by atoms with Gasteiger partial charge in [-0.15, -0.1) is 0 Å². The lowest BCUT2D eigenvalue weighted by Crippen LogP contribution is -2.42. The summed E-state index contributed by atoms with van der Waals surface area (Å²) in [6, 6.07) is 22.9. The lowest BCUT2D eigenvalue weighted by Gasteiger charge is -2.35. The smallest absolute Gasteiger partial charge is 0.169 e. The van der Waals surface area contributed by atoms with Crippen LogP contribution in [0.1, 0.15) is 21.6 Å². The molecule has 0 atom stereocenters. The highest BCUT2D eigenvalue weighted by Crippen LogP contribution is 2.28. The summed E-state index contributed by atoms with van der Waals surface area (Å²) in [5, 5.41) is 0.530. The Morgan fingerprint density at radius 2 is 1.77 bits per heavy atom. The quantitative estimate of drug-likeness (QED) is 0.236. The molecule has 2 aromatic carbocycles. The first-order chi connectivity index (χ1) is 16.9. The van der Waals surface area contributed by atoms with Crippen molar-refractivity contribution in [1.29, 1.82) is 0 Å². The number of ketones is 1. The molecular weight excluding hydrogens is 453 g/mol. The minimum Gasteiger partial charge on any atom is -0.300 e. The number of carbonyl (C=O) groups excluding carboxylic acids is 1. The van der Waals surface area contributed by atoms with E-state index in [9.17, 15) is 9.18 Å². The Balaban J connectivity index is 1.42. The van der Waals surface area contributed by atoms with Gasteiger partial charge in [0.05, 0.1) is 17.6 Å². The lowest BCUT2D eigenvalue weighted by atomic mass is 9.98. The van der Waals surface area contributed by atoms with Crippen molar-refractivity contribution in [2.45, 2.75) is 38.1 Å². The molecule has 0 N–H and O–H groups in total. The van der Waals surface area contributed by atoms with Crippen LogP contribution in [0.4, 0.5) is 4.39 Å². The summed E-state index contributed by atoms with van der Waals surface area (Å²) < 4.78 is 14.1. The summed E-state index contributed by atoms with van der Waals surface area (Å²) >= 11 is 0. The van der Waals surface area contributed by atoms with Gasteiger partial charge in [0.1, 0.15) is 5.82 Å². The molecule has 0 spiro atoms. The monoisotopic (exact) mass is 483 g/mol. The number of fused-ring (bicyclic) bond motifs is 1. The Morgan fingerprint density at radius 1 is 1.00 bits per heavy atom. The molecule has 5 rings (SSSR count). The molecule has 0 radical (unpaired) electrons. The average Bonchev–Trinajstić information content (AvgIpc) is 2.86. The number of carbonyl (C=O) groups is 1. The van der Waals surface area contributed by atoms with Gasteiger partial charge in [-0.1, -0.05) is 43.4 Å². The van der Waals surface area contributed by atoms with E-state index in [1.165, 1.54) is 42.9 Å². The summed E-state index contributed by atoms with van der Waals surface area (Å²) in [6.07, 6.45) is 1.83. The summed E-state index contributed by atoms with van der Waals surface area (Å²) in [6.45, 7) is 8.30. The number of hydrogen-bond donors (Lipinski definition) is 0. The Labute approximate surface area is 206 Å². The van der Waals surface area contributed by atoms with Crippen molar-refractivity contribution in [3.05, 3.63) is 95.6 Å². The summed E-state index contributed by atoms with van der Waals surface area (Å²) in [4.78, 5) is 24.8. The molecule has 0 bridgehead atoms. The van der Waals surface area contributed by atoms with Crippen molar-refractivity contribution >= 4 is 24.8 Å². The third-order valence-corrected chi connectivity index (χ3v) is 10.2. The average molecular weight is 484 g/mol. The van der Waals surface area contributed by atoms with Gasteiger partial charge in [0.2, 0.25) is 0 Å². The molecular formula is C29H30FN3OSi. The molecule has 6 heteroatoms. The van der Waals surface area contributed by atoms with Crippen molar-refractivity contribution in [3.8, 4) is 11.3 Å². The molecule has 4 nitrogen and oxygen atoms in total. The Kier molecular flexibility index (Phi) is 6.58. The van der Waals surface area contributed by atoms with Crippen LogP contribution in [0, 0.1) is 5.82 Å². The normalized spacial score (nSPS) is 15.9. The highest BCUT2D eigenvalue weighted by atomic mass is 28.3. The van der Waals surface area contributed by atoms with E-state index in [4.69, 9.17) is 4.98 Å². The number of hydrogen-bond acceptors (Lipinski definition) is 4. The second kappa shape index (κ2) is 9.80. The maximum Gasteiger partial charge on any atom is 0.169 e. The maximum atomic E-state index is 14.1. The van der Waals surface area contributed by atoms with Gasteiger partial charge in [0.15, 0.2) is 5.78 Å². The van der Waals surface area contributed by atoms with E-state index in [0.717, 1.165) is 12.1 Å². The van der Waals surface area contributed by atoms with Gasteiger partial charge < -0.3 is 0 Å². The summed E-state index contributed by atoms with van der Waals surface area (Å²) in [5.41, 5.74) is 4.71. The van der Waals surface area contributed by atoms with Crippen molar-refractivity contribution in [3.63, 3.8) is 0 Å². The molecule has 1 saturated heterocycles. The van der Waals surface area contributed by atoms with Gasteiger partial charge in [0, 0.05) is 43.0 Å². The molecule has 1 aliphatic heterocycles. The minimum atomic E-state index is -0.973. The molecule has 4 aromatic rings.